The van der Waals surface area contributed by atoms with Crippen LogP contribution in [0.4, 0.5) is 0 Å². The molecule has 0 aliphatic rings. The number of aliphatic carboxylic acids is 1. The van der Waals surface area contributed by atoms with Crippen LogP contribution in [0.5, 0.6) is 0 Å². The van der Waals surface area contributed by atoms with Gasteiger partial charge in [0.05, 0.1) is 19.8 Å². The zero-order valence-corrected chi connectivity index (χ0v) is 39.4. The third-order valence-electron chi connectivity index (χ3n) is 9.97. The maximum Gasteiger partial charge on any atom is 0.472 e. The molecular weight excluding hydrogens is 790 g/mol. The smallest absolute Gasteiger partial charge is 0.472 e. The first-order valence-corrected chi connectivity index (χ1v) is 25.5. The summed E-state index contributed by atoms with van der Waals surface area (Å²) in [5.74, 6) is -1.79. The lowest BCUT2D eigenvalue weighted by atomic mass is 10.1. The fourth-order valence-corrected chi connectivity index (χ4v) is 7.05. The van der Waals surface area contributed by atoms with Gasteiger partial charge < -0.3 is 25.2 Å². The van der Waals surface area contributed by atoms with Crippen LogP contribution in [0.2, 0.25) is 0 Å². The van der Waals surface area contributed by atoms with Crippen molar-refractivity contribution >= 4 is 19.8 Å². The molecule has 61 heavy (non-hydrogen) atoms. The Morgan fingerprint density at radius 3 is 1.43 bits per heavy atom. The van der Waals surface area contributed by atoms with Crippen molar-refractivity contribution in [2.24, 2.45) is 5.73 Å². The number of carboxylic acids is 1. The average Bonchev–Trinajstić information content (AvgIpc) is 3.24. The summed E-state index contributed by atoms with van der Waals surface area (Å²) in [4.78, 5) is 33.6. The second-order valence-electron chi connectivity index (χ2n) is 15.9. The van der Waals surface area contributed by atoms with Crippen molar-refractivity contribution in [1.29, 1.82) is 0 Å². The molecule has 0 saturated heterocycles. The number of allylic oxidation sites excluding steroid dienone is 12. The molecule has 10 nitrogen and oxygen atoms in total. The summed E-state index contributed by atoms with van der Waals surface area (Å²) in [5.41, 5.74) is 5.37. The van der Waals surface area contributed by atoms with Crippen LogP contribution in [0.15, 0.2) is 72.9 Å². The maximum atomic E-state index is 12.7. The number of carbonyl (C=O) groups is 2. The third kappa shape index (κ3) is 45.3. The number of phosphoric ester groups is 1. The molecule has 0 radical (unpaired) electrons. The van der Waals surface area contributed by atoms with Gasteiger partial charge in [-0.15, -0.1) is 0 Å². The molecule has 0 aromatic rings. The first-order chi connectivity index (χ1) is 29.7. The van der Waals surface area contributed by atoms with Crippen LogP contribution in [-0.2, 0) is 32.7 Å². The Labute approximate surface area is 372 Å². The second-order valence-corrected chi connectivity index (χ2v) is 17.3. The standard InChI is InChI=1S/C50H88NO9P/c1-3-5-7-9-11-13-15-17-19-21-23-24-25-26-28-30-32-34-36-38-40-42-49(52)60-47(45-58-61(55,56)59-46-48(51)50(53)54)44-57-43-41-39-37-35-33-31-29-27-22-20-18-16-14-12-10-8-6-4-2/h6,8,12,14-15,17-18,20-21,23,27,29,47-48H,3-5,7,9-11,13,16,19,22,24-26,28,30-46,51H2,1-2H3,(H,53,54)(H,55,56)/b8-6-,14-12-,17-15-,20-18-,23-21-,29-27-. The summed E-state index contributed by atoms with van der Waals surface area (Å²) < 4.78 is 33.4. The highest BCUT2D eigenvalue weighted by atomic mass is 31.2. The highest BCUT2D eigenvalue weighted by Crippen LogP contribution is 2.43. The molecule has 0 rings (SSSR count). The van der Waals surface area contributed by atoms with E-state index in [-0.39, 0.29) is 13.0 Å². The van der Waals surface area contributed by atoms with E-state index in [2.05, 4.69) is 86.8 Å². The Kier molecular flexibility index (Phi) is 43.5. The van der Waals surface area contributed by atoms with Crippen LogP contribution in [0.25, 0.3) is 0 Å². The van der Waals surface area contributed by atoms with E-state index in [9.17, 15) is 19.0 Å². The second kappa shape index (κ2) is 45.4. The topological polar surface area (TPSA) is 155 Å². The number of esters is 1. The van der Waals surface area contributed by atoms with Crippen molar-refractivity contribution in [2.45, 2.75) is 206 Å². The fourth-order valence-electron chi connectivity index (χ4n) is 6.27. The number of carboxylic acid groups (broad SMARTS) is 1. The Hall–Kier alpha value is -2.59. The molecule has 352 valence electrons. The van der Waals surface area contributed by atoms with Crippen molar-refractivity contribution in [3.05, 3.63) is 72.9 Å². The lowest BCUT2D eigenvalue weighted by Gasteiger charge is -2.20. The molecule has 3 atom stereocenters. The van der Waals surface area contributed by atoms with Crippen molar-refractivity contribution < 1.29 is 42.7 Å². The molecule has 3 unspecified atom stereocenters. The fraction of sp³-hybridized carbons (Fsp3) is 0.720. The Morgan fingerprint density at radius 1 is 0.541 bits per heavy atom. The van der Waals surface area contributed by atoms with Crippen molar-refractivity contribution in [1.82, 2.24) is 0 Å². The highest BCUT2D eigenvalue weighted by Gasteiger charge is 2.27. The normalized spacial score (nSPS) is 14.4. The predicted octanol–water partition coefficient (Wildman–Crippen LogP) is 13.8. The first kappa shape index (κ1) is 58.4. The molecule has 0 aliphatic heterocycles. The van der Waals surface area contributed by atoms with Crippen molar-refractivity contribution in [3.63, 3.8) is 0 Å². The van der Waals surface area contributed by atoms with E-state index >= 15 is 0 Å². The summed E-state index contributed by atoms with van der Waals surface area (Å²) in [6.07, 6.45) is 56.7. The van der Waals surface area contributed by atoms with Gasteiger partial charge in [0.1, 0.15) is 12.1 Å². The summed E-state index contributed by atoms with van der Waals surface area (Å²) in [6.45, 7) is 3.71. The SMILES string of the molecule is CC/C=C\C/C=C\C/C=C\C/C=C\CCCCCCCOCC(COP(=O)(O)OCC(N)C(=O)O)OC(=O)CCCCCCCCCCC/C=C\C/C=C\CCCCCCC. The molecule has 0 bridgehead atoms. The van der Waals surface area contributed by atoms with Gasteiger partial charge in [-0.1, -0.05) is 177 Å². The van der Waals surface area contributed by atoms with Crippen LogP contribution in [0.3, 0.4) is 0 Å². The molecule has 0 aromatic heterocycles. The van der Waals surface area contributed by atoms with E-state index in [1.807, 2.05) is 0 Å². The molecule has 4 N–H and O–H groups in total. The van der Waals surface area contributed by atoms with Crippen LogP contribution in [0.1, 0.15) is 194 Å². The van der Waals surface area contributed by atoms with Gasteiger partial charge in [-0.2, -0.15) is 0 Å². The maximum absolute atomic E-state index is 12.7. The van der Waals surface area contributed by atoms with Crippen LogP contribution >= 0.6 is 7.82 Å². The number of nitrogens with two attached hydrogens (primary N) is 1. The van der Waals surface area contributed by atoms with Gasteiger partial charge in [-0.25, -0.2) is 4.57 Å². The summed E-state index contributed by atoms with van der Waals surface area (Å²) in [5, 5.41) is 8.92. The molecule has 0 aliphatic carbocycles. The predicted molar refractivity (Wildman–Crippen MR) is 254 cm³/mol. The zero-order chi connectivity index (χ0) is 44.8. The summed E-state index contributed by atoms with van der Waals surface area (Å²) in [7, 11) is -4.63. The zero-order valence-electron chi connectivity index (χ0n) is 38.5. The average molecular weight is 878 g/mol. The lowest BCUT2D eigenvalue weighted by Crippen LogP contribution is -2.34. The molecule has 0 aromatic carbocycles. The third-order valence-corrected chi connectivity index (χ3v) is 10.9. The number of unbranched alkanes of at least 4 members (excludes halogenated alkanes) is 19. The molecule has 11 heteroatoms. The minimum absolute atomic E-state index is 0.000843. The molecular formula is C50H88NO9P. The van der Waals surface area contributed by atoms with Gasteiger partial charge >= 0.3 is 19.8 Å². The van der Waals surface area contributed by atoms with Gasteiger partial charge in [0.2, 0.25) is 0 Å². The van der Waals surface area contributed by atoms with E-state index in [1.165, 1.54) is 70.6 Å². The van der Waals surface area contributed by atoms with Gasteiger partial charge in [-0.3, -0.25) is 18.6 Å². The molecule has 0 heterocycles. The van der Waals surface area contributed by atoms with Crippen molar-refractivity contribution in [2.75, 3.05) is 26.4 Å². The molecule has 0 spiro atoms. The van der Waals surface area contributed by atoms with Crippen LogP contribution in [0, 0.1) is 0 Å². The quantitative estimate of drug-likeness (QED) is 0.0233. The number of phosphoric acid groups is 1. The van der Waals surface area contributed by atoms with Crippen LogP contribution < -0.4 is 5.73 Å². The Bertz CT molecular complexity index is 1250. The minimum Gasteiger partial charge on any atom is -0.480 e. The molecule has 0 amide bonds. The molecule has 0 saturated carbocycles. The van der Waals surface area contributed by atoms with Gasteiger partial charge in [0.15, 0.2) is 0 Å². The Morgan fingerprint density at radius 2 is 0.951 bits per heavy atom. The van der Waals surface area contributed by atoms with E-state index in [0.717, 1.165) is 96.3 Å². The van der Waals surface area contributed by atoms with E-state index in [0.29, 0.717) is 13.0 Å². The van der Waals surface area contributed by atoms with E-state index in [4.69, 9.17) is 29.4 Å². The number of carbonyl (C=O) groups excluding carboxylic acids is 1. The number of rotatable bonds is 45. The van der Waals surface area contributed by atoms with Crippen LogP contribution in [-0.4, -0.2) is 60.5 Å². The van der Waals surface area contributed by atoms with Crippen molar-refractivity contribution in [3.8, 4) is 0 Å². The minimum atomic E-state index is -4.63. The van der Waals surface area contributed by atoms with E-state index < -0.39 is 45.1 Å². The Balaban J connectivity index is 4.23. The first-order valence-electron chi connectivity index (χ1n) is 24.0. The largest absolute Gasteiger partial charge is 0.480 e. The summed E-state index contributed by atoms with van der Waals surface area (Å²) in [6, 6.07) is -1.48. The summed E-state index contributed by atoms with van der Waals surface area (Å²) >= 11 is 0. The van der Waals surface area contributed by atoms with Gasteiger partial charge in [0, 0.05) is 13.0 Å². The monoisotopic (exact) mass is 878 g/mol. The van der Waals surface area contributed by atoms with Gasteiger partial charge in [-0.05, 0) is 83.5 Å². The number of ether oxygens (including phenoxy) is 2. The molecule has 0 fully saturated rings. The van der Waals surface area contributed by atoms with Gasteiger partial charge in [0.25, 0.3) is 0 Å². The number of hydrogen-bond acceptors (Lipinski definition) is 8. The number of hydrogen-bond donors (Lipinski definition) is 3. The highest BCUT2D eigenvalue weighted by molar-refractivity contribution is 7.47. The lowest BCUT2D eigenvalue weighted by molar-refractivity contribution is -0.154. The van der Waals surface area contributed by atoms with E-state index in [1.54, 1.807) is 0 Å².